The number of aliphatic hydroxyl groups excluding tert-OH is 1. The second kappa shape index (κ2) is 44.6. The highest BCUT2D eigenvalue weighted by Crippen LogP contribution is 2.29. The van der Waals surface area contributed by atoms with Gasteiger partial charge in [0.2, 0.25) is 82.7 Å². The summed E-state index contributed by atoms with van der Waals surface area (Å²) < 4.78 is 0. The Morgan fingerprint density at radius 3 is 1.51 bits per heavy atom. The van der Waals surface area contributed by atoms with Crippen LogP contribution in [0.5, 0.6) is 5.75 Å². The fourth-order valence-corrected chi connectivity index (χ4v) is 16.1. The van der Waals surface area contributed by atoms with Crippen molar-refractivity contribution in [2.45, 2.75) is 202 Å². The van der Waals surface area contributed by atoms with E-state index in [1.165, 1.54) is 39.0 Å². The van der Waals surface area contributed by atoms with Gasteiger partial charge in [0, 0.05) is 57.1 Å². The van der Waals surface area contributed by atoms with Crippen molar-refractivity contribution in [3.63, 3.8) is 0 Å². The summed E-state index contributed by atoms with van der Waals surface area (Å²) in [5.74, 6) is -17.2. The summed E-state index contributed by atoms with van der Waals surface area (Å²) in [5.41, 5.74) is 29.2. The van der Waals surface area contributed by atoms with E-state index in [0.717, 1.165) is 21.6 Å². The maximum Gasteiger partial charge on any atom is 0.305 e. The fourth-order valence-electron chi connectivity index (χ4n) is 13.7. The number of nitrogens with one attached hydrogen (secondary N) is 11. The quantitative estimate of drug-likeness (QED) is 0.0240. The molecule has 5 heterocycles. The zero-order valence-electron chi connectivity index (χ0n) is 63.3. The number of hydrogen-bond donors (Lipinski definition) is 19. The molecule has 14 amide bonds. The monoisotopic (exact) mass is 1620 g/mol. The molecule has 2 aromatic rings. The molecule has 0 radical (unpaired) electrons. The maximum atomic E-state index is 15.5. The van der Waals surface area contributed by atoms with Gasteiger partial charge in [0.15, 0.2) is 11.9 Å². The number of guanidine groups is 2. The van der Waals surface area contributed by atoms with E-state index in [1.54, 1.807) is 44.2 Å². The number of hydrogen-bond acceptors (Lipinski definition) is 22. The number of benzene rings is 2. The summed E-state index contributed by atoms with van der Waals surface area (Å²) in [6.07, 6.45) is -0.121. The van der Waals surface area contributed by atoms with E-state index in [-0.39, 0.29) is 134 Å². The number of phenols is 1. The van der Waals surface area contributed by atoms with E-state index >= 15 is 28.8 Å². The Bertz CT molecular complexity index is 3760. The third-order valence-electron chi connectivity index (χ3n) is 20.0. The molecule has 0 aromatic heterocycles. The summed E-state index contributed by atoms with van der Waals surface area (Å²) in [6, 6.07) is -6.22. The Labute approximate surface area is 661 Å². The lowest BCUT2D eigenvalue weighted by Crippen LogP contribution is -2.61. The Kier molecular flexibility index (Phi) is 35.4. The number of nitrogens with two attached hydrogens (primary N) is 5. The van der Waals surface area contributed by atoms with Crippen molar-refractivity contribution in [1.82, 2.24) is 73.2 Å². The Balaban J connectivity index is 1.39. The first-order chi connectivity index (χ1) is 54.0. The van der Waals surface area contributed by atoms with Crippen molar-refractivity contribution in [3.8, 4) is 5.75 Å². The van der Waals surface area contributed by atoms with E-state index in [1.807, 2.05) is 0 Å². The normalized spacial score (nSPS) is 26.7. The van der Waals surface area contributed by atoms with Crippen LogP contribution in [0.25, 0.3) is 0 Å². The van der Waals surface area contributed by atoms with E-state index in [2.05, 4.69) is 68.5 Å². The van der Waals surface area contributed by atoms with Gasteiger partial charge in [-0.2, -0.15) is 0 Å². The van der Waals surface area contributed by atoms with Crippen molar-refractivity contribution in [2.24, 2.45) is 44.6 Å². The number of fused-ring (bicyclic) bond motifs is 8. The van der Waals surface area contributed by atoms with Crippen LogP contribution in [0.3, 0.4) is 0 Å². The number of amides is 14. The van der Waals surface area contributed by atoms with Gasteiger partial charge in [0.1, 0.15) is 84.3 Å². The predicted molar refractivity (Wildman–Crippen MR) is 415 cm³/mol. The zero-order chi connectivity index (χ0) is 82.4. The van der Waals surface area contributed by atoms with Gasteiger partial charge in [-0.25, -0.2) is 0 Å². The van der Waals surface area contributed by atoms with Crippen molar-refractivity contribution in [3.05, 3.63) is 65.7 Å². The molecule has 5 aliphatic heterocycles. The van der Waals surface area contributed by atoms with Crippen LogP contribution >= 0.6 is 21.6 Å². The van der Waals surface area contributed by atoms with Crippen LogP contribution < -0.4 is 87.2 Å². The highest BCUT2D eigenvalue weighted by atomic mass is 33.1. The molecular weight excluding hydrogens is 1510 g/mol. The predicted octanol–water partition coefficient (Wildman–Crippen LogP) is -5.73. The second-order valence-corrected chi connectivity index (χ2v) is 30.9. The van der Waals surface area contributed by atoms with E-state index < -0.39 is 211 Å². The fraction of sp³-hybridized carbons (Fsp3) is 0.597. The highest BCUT2D eigenvalue weighted by Gasteiger charge is 2.46. The Morgan fingerprint density at radius 1 is 0.496 bits per heavy atom. The van der Waals surface area contributed by atoms with Crippen LogP contribution in [0.15, 0.2) is 64.6 Å². The minimum absolute atomic E-state index is 0.0117. The molecule has 0 aliphatic carbocycles. The lowest BCUT2D eigenvalue weighted by atomic mass is 9.97. The van der Waals surface area contributed by atoms with Crippen LogP contribution in [0, 0.1) is 5.92 Å². The van der Waals surface area contributed by atoms with Gasteiger partial charge >= 0.3 is 5.97 Å². The van der Waals surface area contributed by atoms with E-state index in [9.17, 15) is 58.5 Å². The third kappa shape index (κ3) is 27.1. The zero-order valence-corrected chi connectivity index (χ0v) is 64.9. The molecule has 113 heavy (non-hydrogen) atoms. The Hall–Kier alpha value is -10.5. The smallest absolute Gasteiger partial charge is 0.305 e. The molecule has 2 bridgehead atoms. The number of aromatic hydroxyl groups is 1. The molecule has 0 spiro atoms. The van der Waals surface area contributed by atoms with Crippen molar-refractivity contribution in [1.29, 1.82) is 0 Å². The second-order valence-electron chi connectivity index (χ2n) is 28.4. The first kappa shape index (κ1) is 89.7. The van der Waals surface area contributed by atoms with Crippen LogP contribution in [-0.4, -0.2) is 273 Å². The number of nitrogens with zero attached hydrogens (tertiary/aromatic N) is 5. The molecule has 5 saturated heterocycles. The number of aliphatic carboxylic acids is 1. The number of carbonyl (C=O) groups is 15. The lowest BCUT2D eigenvalue weighted by molar-refractivity contribution is -0.148. The summed E-state index contributed by atoms with van der Waals surface area (Å²) >= 11 is 0. The number of aliphatic imine (C=N–C) groups is 2. The summed E-state index contributed by atoms with van der Waals surface area (Å²) in [7, 11) is 1.72. The van der Waals surface area contributed by atoms with Gasteiger partial charge in [0.25, 0.3) is 0 Å². The van der Waals surface area contributed by atoms with Crippen LogP contribution in [0.4, 0.5) is 0 Å². The summed E-state index contributed by atoms with van der Waals surface area (Å²) in [5, 5.41) is 59.9. The molecule has 2 aromatic carbocycles. The van der Waals surface area contributed by atoms with Gasteiger partial charge in [-0.15, -0.1) is 0 Å². The van der Waals surface area contributed by atoms with Crippen LogP contribution in [0.2, 0.25) is 0 Å². The first-order valence-electron chi connectivity index (χ1n) is 37.9. The number of carboxylic acids is 1. The highest BCUT2D eigenvalue weighted by molar-refractivity contribution is 8.76. The Morgan fingerprint density at radius 2 is 0.947 bits per heavy atom. The number of phenolic OH excluding ortho intramolecular Hbond substituents is 1. The third-order valence-corrected chi connectivity index (χ3v) is 22.4. The van der Waals surface area contributed by atoms with Gasteiger partial charge in [-0.1, -0.05) is 84.3 Å². The molecule has 39 nitrogen and oxygen atoms in total. The topological polar surface area (TPSA) is 614 Å². The summed E-state index contributed by atoms with van der Waals surface area (Å²) in [6.45, 7) is 1.47. The number of rotatable bonds is 21. The maximum absolute atomic E-state index is 15.5. The summed E-state index contributed by atoms with van der Waals surface area (Å²) in [4.78, 5) is 232. The molecule has 14 atom stereocenters. The molecule has 620 valence electrons. The lowest BCUT2D eigenvalue weighted by Gasteiger charge is -2.34. The standard InChI is InChI=1S/C72H107N21O18S2/c1-3-39(2)57-67(108)89-51-38-113-112-37-50(88-59(100)43(17-9-27-78-71(74)75)81-55(96)35-80-58(99)47(34-56(97)98)85-65(106)52-19-11-29-91(52)69(110)48(86-64(51)105)33-40-14-5-4-6-15-40)63(104)84-46(32-41-22-24-42(95)25-23-41)61(102)82-44(18-10-28-79-72(76)77)60(101)87-49(36-94)62(103)83-45(16-7-8-26-73)68(109)93-31-13-21-54(93)70(111)92-30-12-20-53(92)66(107)90-57/h4-6,14-15,22-25,39,43-54,57,94-95H,3,7-13,16-21,26-38,73H2,1-2H3,(H,80,99)(H,81,96)(H,82,102)(H,83,103)(H,84,104)(H,85,106)(H,86,105)(H,87,101)(H,88,100)(H,89,108)(H,90,107)(H,97,98)(H4,74,75,78)(H4,76,77,79)/t39-,43-,44-,45-,46-,47-,48-,49-,50-,51-,52-,53-,54-,57-/m0/s1. The van der Waals surface area contributed by atoms with Gasteiger partial charge < -0.3 is 117 Å². The average molecular weight is 1620 g/mol. The molecule has 0 unspecified atom stereocenters. The van der Waals surface area contributed by atoms with E-state index in [0.29, 0.717) is 30.4 Å². The van der Waals surface area contributed by atoms with Crippen LogP contribution in [-0.2, 0) is 84.8 Å². The number of carbonyl (C=O) groups excluding carboxylic acids is 14. The molecular formula is C72H107N21O18S2. The largest absolute Gasteiger partial charge is 0.508 e. The van der Waals surface area contributed by atoms with Gasteiger partial charge in [-0.05, 0) is 119 Å². The van der Waals surface area contributed by atoms with Gasteiger partial charge in [0.05, 0.1) is 19.6 Å². The number of unbranched alkanes of at least 4 members (excludes halogenated alkanes) is 1. The van der Waals surface area contributed by atoms with Gasteiger partial charge in [-0.3, -0.25) is 81.9 Å². The molecule has 7 rings (SSSR count). The minimum atomic E-state index is -1.86. The molecule has 5 aliphatic rings. The average Bonchev–Trinajstić information content (AvgIpc) is 1.68. The number of aliphatic hydroxyl groups is 1. The molecule has 41 heteroatoms. The van der Waals surface area contributed by atoms with Crippen molar-refractivity contribution >= 4 is 122 Å². The van der Waals surface area contributed by atoms with E-state index in [4.69, 9.17) is 28.7 Å². The SMILES string of the molecule is CC[C@H](C)[C@@H]1NC(=O)[C@@H]2CCCN2C(=O)[C@@H]2CCCN2C(=O)[C@H](CCCCN)NC(=O)[C@H](CO)NC(=O)[C@H](CCCN=C(N)N)NC(=O)[C@H](Cc2ccc(O)cc2)NC(=O)[C@@H]2CSSC[C@H](NC1=O)C(=O)N[C@@H](Cc1ccccc1)C(=O)N1CCC[C@H]1C(=O)N[C@@H](CC(=O)O)C(=O)NCC(=O)N[C@@H](CCCN=C(N)N)C(=O)N2. The molecule has 0 saturated carbocycles. The number of carboxylic acid groups (broad SMARTS) is 1. The van der Waals surface area contributed by atoms with Crippen molar-refractivity contribution < 1.29 is 87.2 Å². The first-order valence-corrected chi connectivity index (χ1v) is 40.4. The molecule has 5 fully saturated rings. The van der Waals surface area contributed by atoms with Crippen molar-refractivity contribution in [2.75, 3.05) is 63.9 Å². The van der Waals surface area contributed by atoms with Crippen LogP contribution in [0.1, 0.15) is 121 Å². The molecule has 24 N–H and O–H groups in total. The minimum Gasteiger partial charge on any atom is -0.508 e.